The fourth-order valence-electron chi connectivity index (χ4n) is 2.03. The third-order valence-corrected chi connectivity index (χ3v) is 3.70. The Morgan fingerprint density at radius 2 is 1.85 bits per heavy atom. The number of benzene rings is 1. The van der Waals surface area contributed by atoms with E-state index in [1.807, 2.05) is 13.8 Å². The quantitative estimate of drug-likeness (QED) is 0.730. The number of nitrogens with zero attached hydrogens (tertiary/aromatic N) is 1. The Morgan fingerprint density at radius 1 is 1.12 bits per heavy atom. The molecule has 26 heavy (non-hydrogen) atoms. The summed E-state index contributed by atoms with van der Waals surface area (Å²) in [7, 11) is 0. The lowest BCUT2D eigenvalue weighted by molar-refractivity contribution is -0.124. The predicted molar refractivity (Wildman–Crippen MR) is 101 cm³/mol. The largest absolute Gasteiger partial charge is 0.439 e. The summed E-state index contributed by atoms with van der Waals surface area (Å²) >= 11 is 5.82. The fourth-order valence-corrected chi connectivity index (χ4v) is 2.16. The summed E-state index contributed by atoms with van der Waals surface area (Å²) in [5.41, 5.74) is 0.523. The summed E-state index contributed by atoms with van der Waals surface area (Å²) in [6, 6.07) is 10.2. The molecule has 6 nitrogen and oxygen atoms in total. The molecule has 1 aromatic heterocycles. The van der Waals surface area contributed by atoms with Gasteiger partial charge in [0.1, 0.15) is 5.75 Å². The van der Waals surface area contributed by atoms with Crippen LogP contribution < -0.4 is 15.4 Å². The Morgan fingerprint density at radius 3 is 2.46 bits per heavy atom. The minimum Gasteiger partial charge on any atom is -0.439 e. The van der Waals surface area contributed by atoms with Crippen LogP contribution in [0, 0.1) is 5.92 Å². The molecule has 2 N–H and O–H groups in total. The Balaban J connectivity index is 1.78. The smallest absolute Gasteiger partial charge is 0.243 e. The van der Waals surface area contributed by atoms with E-state index in [1.54, 1.807) is 36.4 Å². The second kappa shape index (κ2) is 9.77. The maximum Gasteiger partial charge on any atom is 0.243 e. The van der Waals surface area contributed by atoms with Crippen molar-refractivity contribution >= 4 is 29.1 Å². The van der Waals surface area contributed by atoms with Gasteiger partial charge in [-0.15, -0.1) is 0 Å². The van der Waals surface area contributed by atoms with Crippen LogP contribution in [0.15, 0.2) is 42.6 Å². The van der Waals surface area contributed by atoms with Gasteiger partial charge in [-0.2, -0.15) is 0 Å². The van der Waals surface area contributed by atoms with Crippen LogP contribution in [0.4, 0.5) is 5.69 Å². The fraction of sp³-hybridized carbons (Fsp3) is 0.316. The number of hydrogen-bond donors (Lipinski definition) is 2. The first-order valence-electron chi connectivity index (χ1n) is 8.38. The highest BCUT2D eigenvalue weighted by Gasteiger charge is 2.07. The van der Waals surface area contributed by atoms with Crippen molar-refractivity contribution in [2.45, 2.75) is 26.7 Å². The lowest BCUT2D eigenvalue weighted by Crippen LogP contribution is -2.32. The molecule has 0 aliphatic carbocycles. The van der Waals surface area contributed by atoms with Crippen LogP contribution in [-0.4, -0.2) is 23.3 Å². The Hall–Kier alpha value is -2.60. The average Bonchev–Trinajstić information content (AvgIpc) is 2.62. The number of ether oxygens (including phenoxy) is 1. The number of anilines is 1. The molecular formula is C19H22ClN3O3. The van der Waals surface area contributed by atoms with Gasteiger partial charge in [0.25, 0.3) is 0 Å². The molecule has 0 saturated heterocycles. The highest BCUT2D eigenvalue weighted by atomic mass is 35.5. The van der Waals surface area contributed by atoms with Crippen LogP contribution in [0.3, 0.4) is 0 Å². The van der Waals surface area contributed by atoms with Crippen molar-refractivity contribution in [1.29, 1.82) is 0 Å². The van der Waals surface area contributed by atoms with Gasteiger partial charge in [0.15, 0.2) is 0 Å². The first kappa shape index (κ1) is 19.7. The first-order valence-corrected chi connectivity index (χ1v) is 8.76. The van der Waals surface area contributed by atoms with Crippen molar-refractivity contribution in [3.63, 3.8) is 0 Å². The molecule has 0 spiro atoms. The molecule has 0 bridgehead atoms. The van der Waals surface area contributed by atoms with E-state index < -0.39 is 0 Å². The molecule has 0 radical (unpaired) electrons. The van der Waals surface area contributed by atoms with Gasteiger partial charge < -0.3 is 15.4 Å². The molecule has 0 saturated carbocycles. The van der Waals surface area contributed by atoms with Crippen molar-refractivity contribution in [2.75, 3.05) is 11.9 Å². The van der Waals surface area contributed by atoms with Crippen LogP contribution in [0.1, 0.15) is 26.7 Å². The van der Waals surface area contributed by atoms with E-state index in [4.69, 9.17) is 16.3 Å². The van der Waals surface area contributed by atoms with Gasteiger partial charge in [0.2, 0.25) is 17.7 Å². The van der Waals surface area contributed by atoms with Gasteiger partial charge >= 0.3 is 0 Å². The molecule has 7 heteroatoms. The van der Waals surface area contributed by atoms with E-state index in [9.17, 15) is 9.59 Å². The summed E-state index contributed by atoms with van der Waals surface area (Å²) in [6.07, 6.45) is 2.71. The Labute approximate surface area is 157 Å². The lowest BCUT2D eigenvalue weighted by Gasteiger charge is -2.09. The second-order valence-electron chi connectivity index (χ2n) is 6.20. The standard InChI is InChI=1S/C19H22ClN3O3/c1-13(2)3-9-17(24)21-12-18(25)23-15-6-10-19(22-11-15)26-16-7-4-14(20)5-8-16/h4-8,10-11,13H,3,9,12H2,1-2H3,(H,21,24)(H,23,25). The van der Waals surface area contributed by atoms with Gasteiger partial charge in [-0.25, -0.2) is 4.98 Å². The van der Waals surface area contributed by atoms with Crippen molar-refractivity contribution in [1.82, 2.24) is 10.3 Å². The van der Waals surface area contributed by atoms with Crippen LogP contribution >= 0.6 is 11.6 Å². The third-order valence-electron chi connectivity index (χ3n) is 3.45. The number of rotatable bonds is 8. The molecule has 1 aromatic carbocycles. The number of carbonyl (C=O) groups is 2. The molecule has 2 amide bonds. The number of pyridine rings is 1. The number of halogens is 1. The van der Waals surface area contributed by atoms with Crippen LogP contribution in [0.5, 0.6) is 11.6 Å². The van der Waals surface area contributed by atoms with Crippen LogP contribution in [0.2, 0.25) is 5.02 Å². The number of nitrogens with one attached hydrogen (secondary N) is 2. The summed E-state index contributed by atoms with van der Waals surface area (Å²) in [5.74, 6) is 1.03. The molecule has 138 valence electrons. The Bertz CT molecular complexity index is 731. The molecule has 1 heterocycles. The Kier molecular flexibility index (Phi) is 7.41. The van der Waals surface area contributed by atoms with E-state index >= 15 is 0 Å². The topological polar surface area (TPSA) is 80.3 Å². The highest BCUT2D eigenvalue weighted by molar-refractivity contribution is 6.30. The van der Waals surface area contributed by atoms with Crippen molar-refractivity contribution in [2.24, 2.45) is 5.92 Å². The molecule has 2 aromatic rings. The molecular weight excluding hydrogens is 354 g/mol. The van der Waals surface area contributed by atoms with Crippen molar-refractivity contribution in [3.8, 4) is 11.6 Å². The highest BCUT2D eigenvalue weighted by Crippen LogP contribution is 2.22. The average molecular weight is 376 g/mol. The number of amides is 2. The zero-order chi connectivity index (χ0) is 18.9. The molecule has 2 rings (SSSR count). The number of carbonyl (C=O) groups excluding carboxylic acids is 2. The van der Waals surface area contributed by atoms with E-state index in [0.29, 0.717) is 34.7 Å². The lowest BCUT2D eigenvalue weighted by atomic mass is 10.1. The monoisotopic (exact) mass is 375 g/mol. The first-order chi connectivity index (χ1) is 12.4. The predicted octanol–water partition coefficient (Wildman–Crippen LogP) is 4.02. The molecule has 0 aliphatic rings. The van der Waals surface area contributed by atoms with Crippen LogP contribution in [-0.2, 0) is 9.59 Å². The van der Waals surface area contributed by atoms with E-state index in [2.05, 4.69) is 15.6 Å². The molecule has 0 aliphatic heterocycles. The summed E-state index contributed by atoms with van der Waals surface area (Å²) in [4.78, 5) is 27.6. The second-order valence-corrected chi connectivity index (χ2v) is 6.63. The third kappa shape index (κ3) is 7.11. The van der Waals surface area contributed by atoms with E-state index in [-0.39, 0.29) is 18.4 Å². The van der Waals surface area contributed by atoms with Gasteiger partial charge in [-0.3, -0.25) is 9.59 Å². The summed E-state index contributed by atoms with van der Waals surface area (Å²) in [6.45, 7) is 4.03. The van der Waals surface area contributed by atoms with E-state index in [0.717, 1.165) is 6.42 Å². The van der Waals surface area contributed by atoms with Crippen molar-refractivity contribution < 1.29 is 14.3 Å². The van der Waals surface area contributed by atoms with E-state index in [1.165, 1.54) is 6.20 Å². The van der Waals surface area contributed by atoms with Crippen LogP contribution in [0.25, 0.3) is 0 Å². The van der Waals surface area contributed by atoms with Gasteiger partial charge in [0.05, 0.1) is 18.4 Å². The maximum atomic E-state index is 11.9. The minimum absolute atomic E-state index is 0.0695. The SMILES string of the molecule is CC(C)CCC(=O)NCC(=O)Nc1ccc(Oc2ccc(Cl)cc2)nc1. The van der Waals surface area contributed by atoms with Gasteiger partial charge in [-0.1, -0.05) is 25.4 Å². The van der Waals surface area contributed by atoms with Gasteiger partial charge in [-0.05, 0) is 42.7 Å². The number of hydrogen-bond acceptors (Lipinski definition) is 4. The van der Waals surface area contributed by atoms with Crippen molar-refractivity contribution in [3.05, 3.63) is 47.6 Å². The van der Waals surface area contributed by atoms with Gasteiger partial charge in [0, 0.05) is 17.5 Å². The molecule has 0 unspecified atom stereocenters. The number of aromatic nitrogens is 1. The zero-order valence-corrected chi connectivity index (χ0v) is 15.5. The summed E-state index contributed by atoms with van der Waals surface area (Å²) < 4.78 is 5.58. The zero-order valence-electron chi connectivity index (χ0n) is 14.8. The maximum absolute atomic E-state index is 11.9. The molecule has 0 atom stereocenters. The normalized spacial score (nSPS) is 10.5. The summed E-state index contributed by atoms with van der Waals surface area (Å²) in [5, 5.41) is 5.90. The minimum atomic E-state index is -0.309. The molecule has 0 fully saturated rings.